The lowest BCUT2D eigenvalue weighted by atomic mass is 9.41. The second kappa shape index (κ2) is 3.86. The Labute approximate surface area is 119 Å². The topological polar surface area (TPSA) is 77.8 Å². The molecule has 0 aromatic rings. The predicted octanol–water partition coefficient (Wildman–Crippen LogP) is 2.24. The number of aliphatic hydroxyl groups is 2. The van der Waals surface area contributed by atoms with E-state index in [9.17, 15) is 15.0 Å². The van der Waals surface area contributed by atoms with Crippen molar-refractivity contribution in [2.24, 2.45) is 10.8 Å². The van der Waals surface area contributed by atoms with Crippen molar-refractivity contribution in [1.82, 2.24) is 0 Å². The van der Waals surface area contributed by atoms with Crippen LogP contribution in [-0.2, 0) is 4.79 Å². The smallest absolute Gasteiger partial charge is 0.330 e. The third-order valence-electron chi connectivity index (χ3n) is 5.56. The van der Waals surface area contributed by atoms with Gasteiger partial charge in [0, 0.05) is 12.0 Å². The Morgan fingerprint density at radius 3 is 2.05 bits per heavy atom. The van der Waals surface area contributed by atoms with Gasteiger partial charge >= 0.3 is 5.97 Å². The van der Waals surface area contributed by atoms with Crippen molar-refractivity contribution >= 4 is 5.97 Å². The van der Waals surface area contributed by atoms with Crippen LogP contribution in [0.1, 0.15) is 58.8 Å². The minimum atomic E-state index is -0.890. The number of carbonyl (C=O) groups is 1. The molecular formula is C16H24O4. The maximum atomic E-state index is 10.9. The molecule has 4 aliphatic rings. The van der Waals surface area contributed by atoms with Gasteiger partial charge in [-0.05, 0) is 56.3 Å². The normalized spacial score (nSPS) is 50.5. The van der Waals surface area contributed by atoms with Crippen LogP contribution in [-0.4, -0.2) is 32.5 Å². The molecule has 4 aliphatic carbocycles. The van der Waals surface area contributed by atoms with Gasteiger partial charge in [-0.3, -0.25) is 0 Å². The van der Waals surface area contributed by atoms with Crippen molar-refractivity contribution in [1.29, 1.82) is 0 Å². The molecule has 0 radical (unpaired) electrons. The molecule has 0 saturated heterocycles. The van der Waals surface area contributed by atoms with Crippen molar-refractivity contribution in [3.05, 3.63) is 11.6 Å². The average Bonchev–Trinajstić information content (AvgIpc) is 2.18. The fourth-order valence-corrected chi connectivity index (χ4v) is 5.93. The number of hydrogen-bond donors (Lipinski definition) is 3. The number of allylic oxidation sites excluding steroid dienone is 1. The third-order valence-corrected chi connectivity index (χ3v) is 5.56. The van der Waals surface area contributed by atoms with Crippen LogP contribution in [0.5, 0.6) is 0 Å². The molecule has 4 fully saturated rings. The van der Waals surface area contributed by atoms with Gasteiger partial charge in [0.2, 0.25) is 0 Å². The number of carboxylic acids is 1. The molecule has 4 rings (SSSR count). The first kappa shape index (κ1) is 14.1. The van der Waals surface area contributed by atoms with E-state index in [0.717, 1.165) is 19.3 Å². The van der Waals surface area contributed by atoms with E-state index in [0.29, 0.717) is 31.3 Å². The van der Waals surface area contributed by atoms with Crippen LogP contribution in [0.2, 0.25) is 0 Å². The molecule has 4 saturated carbocycles. The van der Waals surface area contributed by atoms with Crippen LogP contribution < -0.4 is 0 Å². The average molecular weight is 280 g/mol. The highest BCUT2D eigenvalue weighted by Crippen LogP contribution is 2.68. The summed E-state index contributed by atoms with van der Waals surface area (Å²) in [7, 11) is 0. The minimum absolute atomic E-state index is 0.0107. The summed E-state index contributed by atoms with van der Waals surface area (Å²) in [6, 6.07) is 0. The second-order valence-electron chi connectivity index (χ2n) is 8.22. The van der Waals surface area contributed by atoms with Crippen molar-refractivity contribution in [3.8, 4) is 0 Å². The molecule has 0 aliphatic heterocycles. The first-order valence-electron chi connectivity index (χ1n) is 7.42. The standard InChI is InChI=1S/C16H24O4/c1-11(12(17)18)3-4-14-5-13(2)6-15(19,8-14)10-16(20,7-13)9-14/h3,19-20H,4-10H2,1-2H3,(H,17,18). The van der Waals surface area contributed by atoms with E-state index in [1.54, 1.807) is 13.0 Å². The van der Waals surface area contributed by atoms with Crippen LogP contribution in [0.4, 0.5) is 0 Å². The quantitative estimate of drug-likeness (QED) is 0.693. The van der Waals surface area contributed by atoms with Gasteiger partial charge in [-0.25, -0.2) is 4.79 Å². The third kappa shape index (κ3) is 2.19. The fraction of sp³-hybridized carbons (Fsp3) is 0.812. The Hall–Kier alpha value is -0.870. The molecule has 4 nitrogen and oxygen atoms in total. The van der Waals surface area contributed by atoms with Gasteiger partial charge < -0.3 is 15.3 Å². The van der Waals surface area contributed by atoms with Crippen LogP contribution in [0.25, 0.3) is 0 Å². The van der Waals surface area contributed by atoms with E-state index in [4.69, 9.17) is 5.11 Å². The van der Waals surface area contributed by atoms with Crippen LogP contribution in [0.3, 0.4) is 0 Å². The highest BCUT2D eigenvalue weighted by Gasteiger charge is 2.65. The Balaban J connectivity index is 1.90. The maximum absolute atomic E-state index is 10.9. The number of hydrogen-bond acceptors (Lipinski definition) is 3. The fourth-order valence-electron chi connectivity index (χ4n) is 5.93. The molecule has 0 amide bonds. The lowest BCUT2D eigenvalue weighted by Crippen LogP contribution is -2.66. The zero-order valence-corrected chi connectivity index (χ0v) is 12.3. The maximum Gasteiger partial charge on any atom is 0.330 e. The highest BCUT2D eigenvalue weighted by atomic mass is 16.4. The van der Waals surface area contributed by atoms with E-state index in [1.165, 1.54) is 0 Å². The molecule has 0 aromatic heterocycles. The van der Waals surface area contributed by atoms with Gasteiger partial charge in [-0.1, -0.05) is 13.0 Å². The molecule has 112 valence electrons. The van der Waals surface area contributed by atoms with Crippen LogP contribution in [0.15, 0.2) is 11.6 Å². The summed E-state index contributed by atoms with van der Waals surface area (Å²) in [5.41, 5.74) is -1.32. The first-order chi connectivity index (χ1) is 9.07. The van der Waals surface area contributed by atoms with E-state index in [-0.39, 0.29) is 10.8 Å². The summed E-state index contributed by atoms with van der Waals surface area (Å²) in [5.74, 6) is -0.890. The minimum Gasteiger partial charge on any atom is -0.478 e. The molecular weight excluding hydrogens is 256 g/mol. The summed E-state index contributed by atoms with van der Waals surface area (Å²) >= 11 is 0. The van der Waals surface area contributed by atoms with E-state index in [1.807, 2.05) is 0 Å². The largest absolute Gasteiger partial charge is 0.478 e. The monoisotopic (exact) mass is 280 g/mol. The SMILES string of the molecule is CC(=CCC12CC3(C)CC(O)(CC(O)(C3)C1)C2)C(=O)O. The summed E-state index contributed by atoms with van der Waals surface area (Å²) in [5, 5.41) is 30.5. The molecule has 2 unspecified atom stereocenters. The van der Waals surface area contributed by atoms with Crippen molar-refractivity contribution < 1.29 is 20.1 Å². The van der Waals surface area contributed by atoms with Gasteiger partial charge in [0.1, 0.15) is 0 Å². The van der Waals surface area contributed by atoms with Crippen LogP contribution >= 0.6 is 0 Å². The van der Waals surface area contributed by atoms with E-state index < -0.39 is 17.2 Å². The number of aliphatic carboxylic acids is 1. The Bertz CT molecular complexity index is 439. The molecule has 0 aromatic carbocycles. The van der Waals surface area contributed by atoms with Gasteiger partial charge in [0.25, 0.3) is 0 Å². The Kier molecular flexibility index (Phi) is 2.72. The summed E-state index contributed by atoms with van der Waals surface area (Å²) in [6.07, 6.45) is 6.81. The van der Waals surface area contributed by atoms with Crippen molar-refractivity contribution in [2.45, 2.75) is 70.0 Å². The summed E-state index contributed by atoms with van der Waals surface area (Å²) < 4.78 is 0. The Morgan fingerprint density at radius 1 is 1.05 bits per heavy atom. The molecule has 4 bridgehead atoms. The lowest BCUT2D eigenvalue weighted by molar-refractivity contribution is -0.254. The predicted molar refractivity (Wildman–Crippen MR) is 74.2 cm³/mol. The van der Waals surface area contributed by atoms with Crippen molar-refractivity contribution in [2.75, 3.05) is 0 Å². The van der Waals surface area contributed by atoms with Crippen LogP contribution in [0, 0.1) is 10.8 Å². The number of carboxylic acid groups (broad SMARTS) is 1. The molecule has 4 heteroatoms. The van der Waals surface area contributed by atoms with Gasteiger partial charge in [0.05, 0.1) is 11.2 Å². The molecule has 0 spiro atoms. The van der Waals surface area contributed by atoms with E-state index in [2.05, 4.69) is 6.92 Å². The lowest BCUT2D eigenvalue weighted by Gasteiger charge is -2.67. The summed E-state index contributed by atoms with van der Waals surface area (Å²) in [6.45, 7) is 3.76. The first-order valence-corrected chi connectivity index (χ1v) is 7.42. The zero-order chi connectivity index (χ0) is 14.8. The molecule has 20 heavy (non-hydrogen) atoms. The second-order valence-corrected chi connectivity index (χ2v) is 8.22. The van der Waals surface area contributed by atoms with Gasteiger partial charge in [0.15, 0.2) is 0 Å². The van der Waals surface area contributed by atoms with E-state index >= 15 is 0 Å². The van der Waals surface area contributed by atoms with Gasteiger partial charge in [-0.2, -0.15) is 0 Å². The summed E-state index contributed by atoms with van der Waals surface area (Å²) in [4.78, 5) is 10.9. The van der Waals surface area contributed by atoms with Crippen molar-refractivity contribution in [3.63, 3.8) is 0 Å². The zero-order valence-electron chi connectivity index (χ0n) is 12.3. The Morgan fingerprint density at radius 2 is 1.60 bits per heavy atom. The molecule has 0 heterocycles. The molecule has 2 atom stereocenters. The van der Waals surface area contributed by atoms with Gasteiger partial charge in [-0.15, -0.1) is 0 Å². The molecule has 3 N–H and O–H groups in total. The highest BCUT2D eigenvalue weighted by molar-refractivity contribution is 5.85. The number of rotatable bonds is 3.